The molecule has 0 saturated heterocycles. The lowest BCUT2D eigenvalue weighted by Gasteiger charge is -1.95. The normalized spacial score (nSPS) is 12.4. The molecule has 0 aromatic carbocycles. The summed E-state index contributed by atoms with van der Waals surface area (Å²) in [7, 11) is 1.37. The van der Waals surface area contributed by atoms with E-state index in [1.807, 2.05) is 5.38 Å². The molecule has 0 unspecified atom stereocenters. The number of carboxylic acid groups (broad SMARTS) is 1. The SMILES string of the molecule is COC(=O)c1cc(CN)cs1.O=C(O)c1nc2sc3c(c2c(=O)[nH]1)CCC3. The summed E-state index contributed by atoms with van der Waals surface area (Å²) < 4.78 is 4.52. The van der Waals surface area contributed by atoms with Gasteiger partial charge >= 0.3 is 11.9 Å². The van der Waals surface area contributed by atoms with Gasteiger partial charge in [-0.05, 0) is 41.8 Å². The Morgan fingerprint density at radius 3 is 2.81 bits per heavy atom. The van der Waals surface area contributed by atoms with Gasteiger partial charge in [-0.3, -0.25) is 4.79 Å². The van der Waals surface area contributed by atoms with Crippen LogP contribution in [0.2, 0.25) is 0 Å². The monoisotopic (exact) mass is 407 g/mol. The molecular weight excluding hydrogens is 390 g/mol. The van der Waals surface area contributed by atoms with Crippen LogP contribution in [0.3, 0.4) is 0 Å². The van der Waals surface area contributed by atoms with E-state index in [1.165, 1.54) is 34.7 Å². The number of hydrogen-bond donors (Lipinski definition) is 3. The molecule has 0 atom stereocenters. The van der Waals surface area contributed by atoms with Gasteiger partial charge in [-0.25, -0.2) is 14.6 Å². The lowest BCUT2D eigenvalue weighted by molar-refractivity contribution is 0.0605. The zero-order chi connectivity index (χ0) is 19.6. The van der Waals surface area contributed by atoms with E-state index in [0.29, 0.717) is 21.6 Å². The molecule has 8 nitrogen and oxygen atoms in total. The van der Waals surface area contributed by atoms with E-state index in [9.17, 15) is 14.4 Å². The fourth-order valence-corrected chi connectivity index (χ4v) is 4.90. The van der Waals surface area contributed by atoms with Crippen molar-refractivity contribution in [2.75, 3.05) is 7.11 Å². The summed E-state index contributed by atoms with van der Waals surface area (Å²) in [5.41, 5.74) is 7.06. The zero-order valence-corrected chi connectivity index (χ0v) is 16.0. The summed E-state index contributed by atoms with van der Waals surface area (Å²) in [5, 5.41) is 11.2. The first-order valence-corrected chi connectivity index (χ1v) is 9.77. The number of rotatable bonds is 3. The average molecular weight is 407 g/mol. The summed E-state index contributed by atoms with van der Waals surface area (Å²) in [4.78, 5) is 42.0. The van der Waals surface area contributed by atoms with E-state index in [1.54, 1.807) is 6.07 Å². The number of aromatic carboxylic acids is 1. The number of nitrogens with zero attached hydrogens (tertiary/aromatic N) is 1. The van der Waals surface area contributed by atoms with Gasteiger partial charge in [-0.15, -0.1) is 22.7 Å². The molecule has 3 aromatic rings. The Morgan fingerprint density at radius 2 is 2.19 bits per heavy atom. The minimum absolute atomic E-state index is 0.280. The zero-order valence-electron chi connectivity index (χ0n) is 14.4. The lowest BCUT2D eigenvalue weighted by Crippen LogP contribution is -2.15. The van der Waals surface area contributed by atoms with Crippen LogP contribution in [0.25, 0.3) is 10.2 Å². The van der Waals surface area contributed by atoms with Crippen LogP contribution >= 0.6 is 22.7 Å². The van der Waals surface area contributed by atoms with Crippen molar-refractivity contribution in [2.24, 2.45) is 5.73 Å². The van der Waals surface area contributed by atoms with Crippen LogP contribution in [0.15, 0.2) is 16.2 Å². The largest absolute Gasteiger partial charge is 0.475 e. The summed E-state index contributed by atoms with van der Waals surface area (Å²) in [6.07, 6.45) is 2.93. The Labute approximate surface area is 161 Å². The maximum atomic E-state index is 11.8. The van der Waals surface area contributed by atoms with Gasteiger partial charge in [-0.1, -0.05) is 0 Å². The van der Waals surface area contributed by atoms with Gasteiger partial charge in [0.05, 0.1) is 12.5 Å². The van der Waals surface area contributed by atoms with Crippen molar-refractivity contribution in [3.63, 3.8) is 0 Å². The molecule has 142 valence electrons. The molecule has 0 spiro atoms. The molecule has 4 N–H and O–H groups in total. The van der Waals surface area contributed by atoms with Crippen LogP contribution in [0, 0.1) is 0 Å². The second-order valence-electron chi connectivity index (χ2n) is 5.77. The van der Waals surface area contributed by atoms with Gasteiger partial charge in [0.15, 0.2) is 0 Å². The molecule has 0 fully saturated rings. The average Bonchev–Trinajstić information content (AvgIpc) is 3.36. The standard InChI is InChI=1S/C10H8N2O3S.C7H9NO2S/c13-8-6-4-2-1-3-5(4)16-9(6)12-7(11-8)10(14)15;1-10-7(9)6-2-5(3-8)4-11-6/h1-3H2,(H,14,15)(H,11,12,13);2,4H,3,8H2,1H3. The van der Waals surface area contributed by atoms with Crippen LogP contribution in [0.4, 0.5) is 0 Å². The summed E-state index contributed by atoms with van der Waals surface area (Å²) in [5.74, 6) is -1.78. The number of carboxylic acids is 1. The maximum Gasteiger partial charge on any atom is 0.372 e. The first-order chi connectivity index (χ1) is 12.9. The molecule has 4 rings (SSSR count). The van der Waals surface area contributed by atoms with Crippen molar-refractivity contribution in [3.05, 3.63) is 48.5 Å². The van der Waals surface area contributed by atoms with Crippen LogP contribution in [0.5, 0.6) is 0 Å². The van der Waals surface area contributed by atoms with Gasteiger partial charge in [0.1, 0.15) is 9.71 Å². The molecule has 3 aromatic heterocycles. The van der Waals surface area contributed by atoms with Gasteiger partial charge < -0.3 is 20.6 Å². The predicted molar refractivity (Wildman–Crippen MR) is 103 cm³/mol. The number of hydrogen-bond acceptors (Lipinski definition) is 8. The van der Waals surface area contributed by atoms with Crippen molar-refractivity contribution < 1.29 is 19.4 Å². The van der Waals surface area contributed by atoms with Gasteiger partial charge in [0.2, 0.25) is 5.82 Å². The minimum Gasteiger partial charge on any atom is -0.475 e. The molecule has 0 amide bonds. The Balaban J connectivity index is 0.000000168. The van der Waals surface area contributed by atoms with E-state index in [4.69, 9.17) is 10.8 Å². The van der Waals surface area contributed by atoms with Crippen molar-refractivity contribution >= 4 is 44.8 Å². The van der Waals surface area contributed by atoms with Gasteiger partial charge in [0.25, 0.3) is 5.56 Å². The number of aromatic amines is 1. The topological polar surface area (TPSA) is 135 Å². The highest BCUT2D eigenvalue weighted by Crippen LogP contribution is 2.34. The predicted octanol–water partition coefficient (Wildman–Crippen LogP) is 2.16. The Bertz CT molecular complexity index is 1070. The second-order valence-corrected chi connectivity index (χ2v) is 7.77. The van der Waals surface area contributed by atoms with Crippen LogP contribution in [-0.2, 0) is 24.1 Å². The van der Waals surface area contributed by atoms with Crippen molar-refractivity contribution in [2.45, 2.75) is 25.8 Å². The number of carbonyl (C=O) groups is 2. The lowest BCUT2D eigenvalue weighted by atomic mass is 10.2. The van der Waals surface area contributed by atoms with Crippen LogP contribution in [-0.4, -0.2) is 34.1 Å². The highest BCUT2D eigenvalue weighted by Gasteiger charge is 2.22. The maximum absolute atomic E-state index is 11.8. The number of thiophene rings is 2. The molecule has 0 bridgehead atoms. The van der Waals surface area contributed by atoms with Gasteiger partial charge in [-0.2, -0.15) is 0 Å². The highest BCUT2D eigenvalue weighted by molar-refractivity contribution is 7.18. The van der Waals surface area contributed by atoms with E-state index >= 15 is 0 Å². The molecule has 0 radical (unpaired) electrons. The molecule has 27 heavy (non-hydrogen) atoms. The Hall–Kier alpha value is -2.56. The molecule has 1 aliphatic rings. The second kappa shape index (κ2) is 7.99. The number of fused-ring (bicyclic) bond motifs is 3. The third-order valence-corrected chi connectivity index (χ3v) is 6.20. The number of nitrogens with one attached hydrogen (secondary N) is 1. The fraction of sp³-hybridized carbons (Fsp3) is 0.294. The number of nitrogens with two attached hydrogens (primary N) is 1. The van der Waals surface area contributed by atoms with E-state index in [2.05, 4.69) is 14.7 Å². The Morgan fingerprint density at radius 1 is 1.41 bits per heavy atom. The Kier molecular flexibility index (Phi) is 5.68. The molecular formula is C17H17N3O5S2. The number of carbonyl (C=O) groups excluding carboxylic acids is 1. The minimum atomic E-state index is -1.20. The highest BCUT2D eigenvalue weighted by atomic mass is 32.1. The molecule has 0 saturated carbocycles. The van der Waals surface area contributed by atoms with E-state index < -0.39 is 5.97 Å². The molecule has 0 aliphatic heterocycles. The number of H-pyrrole nitrogens is 1. The van der Waals surface area contributed by atoms with Crippen molar-refractivity contribution in [3.8, 4) is 0 Å². The van der Waals surface area contributed by atoms with Crippen molar-refractivity contribution in [1.82, 2.24) is 9.97 Å². The van der Waals surface area contributed by atoms with E-state index in [-0.39, 0.29) is 17.4 Å². The molecule has 10 heteroatoms. The number of aryl methyl sites for hydroxylation is 2. The van der Waals surface area contributed by atoms with E-state index in [0.717, 1.165) is 30.4 Å². The van der Waals surface area contributed by atoms with Crippen LogP contribution in [0.1, 0.15) is 42.7 Å². The first-order valence-electron chi connectivity index (χ1n) is 8.08. The van der Waals surface area contributed by atoms with Crippen molar-refractivity contribution in [1.29, 1.82) is 0 Å². The smallest absolute Gasteiger partial charge is 0.372 e. The van der Waals surface area contributed by atoms with Gasteiger partial charge in [0, 0.05) is 11.4 Å². The molecule has 1 aliphatic carbocycles. The summed E-state index contributed by atoms with van der Waals surface area (Å²) in [6, 6.07) is 1.75. The third-order valence-electron chi connectivity index (χ3n) is 4.05. The number of esters is 1. The first kappa shape index (κ1) is 19.2. The number of aromatic nitrogens is 2. The number of methoxy groups -OCH3 is 1. The fourth-order valence-electron chi connectivity index (χ4n) is 2.79. The van der Waals surface area contributed by atoms with Crippen LogP contribution < -0.4 is 11.3 Å². The summed E-state index contributed by atoms with van der Waals surface area (Å²) in [6.45, 7) is 0.466. The summed E-state index contributed by atoms with van der Waals surface area (Å²) >= 11 is 2.79. The quantitative estimate of drug-likeness (QED) is 0.566. The third kappa shape index (κ3) is 3.92. The molecule has 3 heterocycles. The number of ether oxygens (including phenoxy) is 1.